The minimum atomic E-state index is -0.599. The lowest BCUT2D eigenvalue weighted by molar-refractivity contribution is -0.150. The molecule has 4 aliphatic rings. The summed E-state index contributed by atoms with van der Waals surface area (Å²) in [5.74, 6) is 0.992. The van der Waals surface area contributed by atoms with Gasteiger partial charge in [-0.1, -0.05) is 47.6 Å². The van der Waals surface area contributed by atoms with Crippen molar-refractivity contribution in [3.05, 3.63) is 12.2 Å². The minimum absolute atomic E-state index is 0.0299. The first-order valence-corrected chi connectivity index (χ1v) is 11.1. The fourth-order valence-electron chi connectivity index (χ4n) is 6.74. The van der Waals surface area contributed by atoms with Crippen LogP contribution in [0.3, 0.4) is 0 Å². The summed E-state index contributed by atoms with van der Waals surface area (Å²) in [5, 5.41) is 12.8. The quantitative estimate of drug-likeness (QED) is 0.673. The molecule has 0 aromatic carbocycles. The van der Waals surface area contributed by atoms with Crippen LogP contribution in [-0.4, -0.2) is 23.0 Å². The first-order chi connectivity index (χ1) is 12.9. The highest BCUT2D eigenvalue weighted by molar-refractivity contribution is 5.89. The molecule has 4 rings (SSSR count). The number of amides is 1. The average molecular weight is 378 g/mol. The second-order valence-electron chi connectivity index (χ2n) is 8.73. The molecule has 0 saturated heterocycles. The molecule has 154 valence electrons. The highest BCUT2D eigenvalue weighted by atomic mass is 16.4. The van der Waals surface area contributed by atoms with E-state index in [0.29, 0.717) is 17.8 Å². The van der Waals surface area contributed by atoms with Crippen LogP contribution < -0.4 is 5.32 Å². The van der Waals surface area contributed by atoms with Gasteiger partial charge >= 0.3 is 5.97 Å². The standard InChI is InChI=1S/C19H27NO3.2C2H6/c1-18-9-7-13-11(12(18)4-5-14(18)17(22)23)3-6-15-19(13,2)10-8-16(21)20-15;2*1-2/h8,10-15H,3-7,9H2,1-2H3,(H,20,21)(H,22,23);2*1-2H3. The van der Waals surface area contributed by atoms with Crippen LogP contribution in [0.25, 0.3) is 0 Å². The SMILES string of the molecule is CC.CC.CC12C=CC(=O)NC1CCC1C2CCC2(C)C(C(=O)O)CCC12. The van der Waals surface area contributed by atoms with Crippen molar-refractivity contribution in [3.8, 4) is 0 Å². The van der Waals surface area contributed by atoms with Gasteiger partial charge in [-0.3, -0.25) is 9.59 Å². The highest BCUT2D eigenvalue weighted by Gasteiger charge is 2.60. The van der Waals surface area contributed by atoms with Crippen LogP contribution in [0.15, 0.2) is 12.2 Å². The van der Waals surface area contributed by atoms with E-state index in [4.69, 9.17) is 0 Å². The number of carboxylic acid groups (broad SMARTS) is 1. The van der Waals surface area contributed by atoms with Gasteiger partial charge in [0.15, 0.2) is 0 Å². The van der Waals surface area contributed by atoms with Crippen LogP contribution in [0.2, 0.25) is 0 Å². The lowest BCUT2D eigenvalue weighted by Crippen LogP contribution is -2.59. The molecular formula is C23H39NO3. The molecule has 3 aliphatic carbocycles. The second kappa shape index (κ2) is 8.36. The first kappa shape index (κ1) is 22.0. The van der Waals surface area contributed by atoms with Crippen LogP contribution in [0.1, 0.15) is 80.1 Å². The van der Waals surface area contributed by atoms with Crippen LogP contribution in [0.4, 0.5) is 0 Å². The van der Waals surface area contributed by atoms with Gasteiger partial charge in [-0.2, -0.15) is 0 Å². The molecule has 4 nitrogen and oxygen atoms in total. The predicted octanol–water partition coefficient (Wildman–Crippen LogP) is 5.04. The monoisotopic (exact) mass is 377 g/mol. The molecule has 7 unspecified atom stereocenters. The number of carbonyl (C=O) groups is 2. The van der Waals surface area contributed by atoms with E-state index in [1.165, 1.54) is 0 Å². The van der Waals surface area contributed by atoms with E-state index in [9.17, 15) is 14.7 Å². The Morgan fingerprint density at radius 2 is 1.70 bits per heavy atom. The molecule has 4 heteroatoms. The Morgan fingerprint density at radius 3 is 2.33 bits per heavy atom. The van der Waals surface area contributed by atoms with Gasteiger partial charge in [-0.15, -0.1) is 0 Å². The fraction of sp³-hybridized carbons (Fsp3) is 0.826. The van der Waals surface area contributed by atoms with Crippen molar-refractivity contribution in [1.29, 1.82) is 0 Å². The van der Waals surface area contributed by atoms with E-state index in [0.717, 1.165) is 38.5 Å². The summed E-state index contributed by atoms with van der Waals surface area (Å²) >= 11 is 0. The molecule has 2 N–H and O–H groups in total. The molecule has 27 heavy (non-hydrogen) atoms. The molecule has 0 aromatic heterocycles. The van der Waals surface area contributed by atoms with Crippen molar-refractivity contribution in [1.82, 2.24) is 5.32 Å². The fourth-order valence-corrected chi connectivity index (χ4v) is 6.74. The molecular weight excluding hydrogens is 338 g/mol. The average Bonchev–Trinajstić information content (AvgIpc) is 3.03. The minimum Gasteiger partial charge on any atom is -0.481 e. The predicted molar refractivity (Wildman–Crippen MR) is 109 cm³/mol. The van der Waals surface area contributed by atoms with Crippen molar-refractivity contribution in [3.63, 3.8) is 0 Å². The zero-order chi connectivity index (χ0) is 20.4. The molecule has 3 saturated carbocycles. The maximum absolute atomic E-state index is 11.7. The summed E-state index contributed by atoms with van der Waals surface area (Å²) in [6, 6.07) is 0.252. The van der Waals surface area contributed by atoms with Crippen LogP contribution in [0.5, 0.6) is 0 Å². The van der Waals surface area contributed by atoms with Gasteiger partial charge in [-0.25, -0.2) is 0 Å². The molecule has 3 fully saturated rings. The third-order valence-corrected chi connectivity index (χ3v) is 7.98. The summed E-state index contributed by atoms with van der Waals surface area (Å²) in [6.07, 6.45) is 10.0. The van der Waals surface area contributed by atoms with E-state index in [2.05, 4.69) is 25.2 Å². The smallest absolute Gasteiger partial charge is 0.307 e. The van der Waals surface area contributed by atoms with Gasteiger partial charge in [0.25, 0.3) is 0 Å². The maximum atomic E-state index is 11.7. The Morgan fingerprint density at radius 1 is 1.04 bits per heavy atom. The normalized spacial score (nSPS) is 44.2. The number of carbonyl (C=O) groups excluding carboxylic acids is 1. The molecule has 7 atom stereocenters. The van der Waals surface area contributed by atoms with Crippen LogP contribution in [0, 0.1) is 34.5 Å². The topological polar surface area (TPSA) is 66.4 Å². The number of rotatable bonds is 1. The second-order valence-corrected chi connectivity index (χ2v) is 8.73. The van der Waals surface area contributed by atoms with E-state index in [1.54, 1.807) is 6.08 Å². The summed E-state index contributed by atoms with van der Waals surface area (Å²) in [4.78, 5) is 23.4. The Balaban J connectivity index is 0.000000614. The van der Waals surface area contributed by atoms with Gasteiger partial charge in [0, 0.05) is 11.5 Å². The van der Waals surface area contributed by atoms with Gasteiger partial charge in [0.2, 0.25) is 5.91 Å². The van der Waals surface area contributed by atoms with E-state index in [-0.39, 0.29) is 28.7 Å². The Labute approximate surface area is 165 Å². The maximum Gasteiger partial charge on any atom is 0.307 e. The van der Waals surface area contributed by atoms with Gasteiger partial charge in [0.05, 0.1) is 5.92 Å². The van der Waals surface area contributed by atoms with Crippen molar-refractivity contribution in [2.75, 3.05) is 0 Å². The number of carboxylic acids is 1. The number of hydrogen-bond donors (Lipinski definition) is 2. The van der Waals surface area contributed by atoms with E-state index < -0.39 is 5.97 Å². The summed E-state index contributed by atoms with van der Waals surface area (Å²) in [5.41, 5.74) is 0.0112. The Bertz CT molecular complexity index is 586. The lowest BCUT2D eigenvalue weighted by Gasteiger charge is -2.58. The number of hydrogen-bond acceptors (Lipinski definition) is 2. The van der Waals surface area contributed by atoms with E-state index >= 15 is 0 Å². The molecule has 0 aromatic rings. The van der Waals surface area contributed by atoms with Crippen LogP contribution in [-0.2, 0) is 9.59 Å². The first-order valence-electron chi connectivity index (χ1n) is 11.1. The zero-order valence-electron chi connectivity index (χ0n) is 18.0. The molecule has 0 spiro atoms. The van der Waals surface area contributed by atoms with Gasteiger partial charge in [0.1, 0.15) is 0 Å². The zero-order valence-corrected chi connectivity index (χ0v) is 18.0. The summed E-state index contributed by atoms with van der Waals surface area (Å²) in [7, 11) is 0. The van der Waals surface area contributed by atoms with Crippen LogP contribution >= 0.6 is 0 Å². The number of fused-ring (bicyclic) bond motifs is 5. The summed E-state index contributed by atoms with van der Waals surface area (Å²) in [6.45, 7) is 12.5. The number of aliphatic carboxylic acids is 1. The van der Waals surface area contributed by atoms with Crippen molar-refractivity contribution >= 4 is 11.9 Å². The van der Waals surface area contributed by atoms with Gasteiger partial charge < -0.3 is 10.4 Å². The lowest BCUT2D eigenvalue weighted by atomic mass is 9.48. The highest BCUT2D eigenvalue weighted by Crippen LogP contribution is 2.64. The van der Waals surface area contributed by atoms with Crippen molar-refractivity contribution in [2.45, 2.75) is 86.1 Å². The Hall–Kier alpha value is -1.32. The summed E-state index contributed by atoms with van der Waals surface area (Å²) < 4.78 is 0. The molecule has 1 aliphatic heterocycles. The Kier molecular flexibility index (Phi) is 6.81. The third-order valence-electron chi connectivity index (χ3n) is 7.98. The van der Waals surface area contributed by atoms with E-state index in [1.807, 2.05) is 27.7 Å². The van der Waals surface area contributed by atoms with Gasteiger partial charge in [-0.05, 0) is 67.8 Å². The van der Waals surface area contributed by atoms with Crippen molar-refractivity contribution < 1.29 is 14.7 Å². The molecule has 1 heterocycles. The third kappa shape index (κ3) is 3.45. The molecule has 1 amide bonds. The molecule has 0 bridgehead atoms. The van der Waals surface area contributed by atoms with Crippen molar-refractivity contribution in [2.24, 2.45) is 34.5 Å². The largest absolute Gasteiger partial charge is 0.481 e. The molecule has 0 radical (unpaired) electrons. The number of nitrogens with one attached hydrogen (secondary N) is 1.